The average Bonchev–Trinajstić information content (AvgIpc) is 2.26. The number of nitrogens with zero attached hydrogens (tertiary/aromatic N) is 2. The molecule has 1 rings (SSSR count). The van der Waals surface area contributed by atoms with Crippen LogP contribution in [0.15, 0.2) is 6.33 Å². The zero-order valence-corrected chi connectivity index (χ0v) is 10.3. The normalized spacial score (nSPS) is 10.8. The van der Waals surface area contributed by atoms with Gasteiger partial charge in [-0.05, 0) is 25.2 Å². The van der Waals surface area contributed by atoms with Crippen LogP contribution in [-0.2, 0) is 6.42 Å². The van der Waals surface area contributed by atoms with Gasteiger partial charge in [0.05, 0.1) is 5.69 Å². The maximum Gasteiger partial charge on any atom is 0.186 e. The molecule has 0 bridgehead atoms. The summed E-state index contributed by atoms with van der Waals surface area (Å²) in [6.07, 6.45) is 4.17. The van der Waals surface area contributed by atoms with Gasteiger partial charge in [0.2, 0.25) is 0 Å². The monoisotopic (exact) mass is 225 g/mol. The van der Waals surface area contributed by atoms with E-state index < -0.39 is 0 Å². The minimum atomic E-state index is -0.311. The Morgan fingerprint density at radius 3 is 2.75 bits per heavy atom. The number of aryl methyl sites for hydroxylation is 1. The molecule has 0 fully saturated rings. The fraction of sp³-hybridized carbons (Fsp3) is 0.667. The van der Waals surface area contributed by atoms with Crippen molar-refractivity contribution in [3.63, 3.8) is 0 Å². The first-order valence-corrected chi connectivity index (χ1v) is 5.88. The van der Waals surface area contributed by atoms with Crippen molar-refractivity contribution < 1.29 is 4.39 Å². The summed E-state index contributed by atoms with van der Waals surface area (Å²) in [5.74, 6) is 0.702. The third kappa shape index (κ3) is 3.76. The van der Waals surface area contributed by atoms with E-state index >= 15 is 0 Å². The second-order valence-electron chi connectivity index (χ2n) is 4.30. The van der Waals surface area contributed by atoms with Crippen LogP contribution < -0.4 is 5.32 Å². The molecule has 0 radical (unpaired) electrons. The van der Waals surface area contributed by atoms with E-state index in [0.29, 0.717) is 23.9 Å². The molecule has 0 amide bonds. The highest BCUT2D eigenvalue weighted by molar-refractivity contribution is 5.36. The number of nitrogens with one attached hydrogen (secondary N) is 1. The molecule has 4 heteroatoms. The molecule has 0 atom stereocenters. The van der Waals surface area contributed by atoms with Crippen LogP contribution in [0.5, 0.6) is 0 Å². The van der Waals surface area contributed by atoms with E-state index in [4.69, 9.17) is 0 Å². The first-order chi connectivity index (χ1) is 7.65. The molecule has 0 aliphatic rings. The molecule has 0 saturated heterocycles. The fourth-order valence-electron chi connectivity index (χ4n) is 1.49. The molecule has 0 aromatic carbocycles. The van der Waals surface area contributed by atoms with Gasteiger partial charge in [0.15, 0.2) is 11.6 Å². The number of halogens is 1. The second kappa shape index (κ2) is 6.40. The van der Waals surface area contributed by atoms with Crippen LogP contribution in [0.1, 0.15) is 39.3 Å². The summed E-state index contributed by atoms with van der Waals surface area (Å²) in [6, 6.07) is 0. The van der Waals surface area contributed by atoms with Gasteiger partial charge < -0.3 is 5.32 Å². The minimum absolute atomic E-state index is 0.311. The number of rotatable bonds is 6. The molecule has 1 heterocycles. The molecule has 16 heavy (non-hydrogen) atoms. The van der Waals surface area contributed by atoms with Crippen LogP contribution in [0.2, 0.25) is 0 Å². The third-order valence-corrected chi connectivity index (χ3v) is 2.45. The number of hydrogen-bond acceptors (Lipinski definition) is 3. The highest BCUT2D eigenvalue weighted by atomic mass is 19.1. The molecular formula is C12H20FN3. The van der Waals surface area contributed by atoms with Crippen LogP contribution in [-0.4, -0.2) is 16.5 Å². The zero-order valence-electron chi connectivity index (χ0n) is 10.3. The molecule has 0 unspecified atom stereocenters. The van der Waals surface area contributed by atoms with Crippen molar-refractivity contribution in [3.05, 3.63) is 17.8 Å². The van der Waals surface area contributed by atoms with Crippen molar-refractivity contribution in [2.75, 3.05) is 11.9 Å². The van der Waals surface area contributed by atoms with Crippen molar-refractivity contribution >= 4 is 5.82 Å². The Labute approximate surface area is 96.5 Å². The molecule has 90 valence electrons. The van der Waals surface area contributed by atoms with Crippen LogP contribution in [0, 0.1) is 11.7 Å². The van der Waals surface area contributed by atoms with Crippen molar-refractivity contribution in [1.82, 2.24) is 9.97 Å². The molecule has 1 aromatic rings. The summed E-state index contributed by atoms with van der Waals surface area (Å²) in [4.78, 5) is 7.79. The molecule has 0 aliphatic carbocycles. The molecule has 0 spiro atoms. The van der Waals surface area contributed by atoms with E-state index in [-0.39, 0.29) is 5.82 Å². The van der Waals surface area contributed by atoms with Crippen LogP contribution in [0.25, 0.3) is 0 Å². The van der Waals surface area contributed by atoms with Crippen LogP contribution in [0.3, 0.4) is 0 Å². The first kappa shape index (κ1) is 12.9. The van der Waals surface area contributed by atoms with Gasteiger partial charge in [0.25, 0.3) is 0 Å². The smallest absolute Gasteiger partial charge is 0.186 e. The van der Waals surface area contributed by atoms with Crippen molar-refractivity contribution in [3.8, 4) is 0 Å². The largest absolute Gasteiger partial charge is 0.368 e. The minimum Gasteiger partial charge on any atom is -0.368 e. The number of hydrogen-bond donors (Lipinski definition) is 1. The van der Waals surface area contributed by atoms with Gasteiger partial charge in [-0.2, -0.15) is 0 Å². The van der Waals surface area contributed by atoms with Gasteiger partial charge in [-0.25, -0.2) is 14.4 Å². The van der Waals surface area contributed by atoms with Gasteiger partial charge in [-0.1, -0.05) is 20.8 Å². The second-order valence-corrected chi connectivity index (χ2v) is 4.30. The SMILES string of the molecule is CCc1ncnc(NCCCC(C)C)c1F. The van der Waals surface area contributed by atoms with Crippen LogP contribution in [0.4, 0.5) is 10.2 Å². The molecular weight excluding hydrogens is 205 g/mol. The topological polar surface area (TPSA) is 37.8 Å². The summed E-state index contributed by atoms with van der Waals surface area (Å²) in [7, 11) is 0. The van der Waals surface area contributed by atoms with Crippen LogP contribution >= 0.6 is 0 Å². The number of aromatic nitrogens is 2. The molecule has 3 nitrogen and oxygen atoms in total. The van der Waals surface area contributed by atoms with E-state index in [9.17, 15) is 4.39 Å². The average molecular weight is 225 g/mol. The molecule has 0 aliphatic heterocycles. The summed E-state index contributed by atoms with van der Waals surface area (Å²) in [6.45, 7) is 7.00. The lowest BCUT2D eigenvalue weighted by Gasteiger charge is -2.09. The maximum absolute atomic E-state index is 13.7. The Hall–Kier alpha value is -1.19. The maximum atomic E-state index is 13.7. The standard InChI is InChI=1S/C12H20FN3/c1-4-10-11(13)12(16-8-15-10)14-7-5-6-9(2)3/h8-9H,4-7H2,1-3H3,(H,14,15,16). The van der Waals surface area contributed by atoms with E-state index in [2.05, 4.69) is 29.1 Å². The van der Waals surface area contributed by atoms with Crippen molar-refractivity contribution in [2.45, 2.75) is 40.0 Å². The van der Waals surface area contributed by atoms with E-state index in [1.54, 1.807) is 0 Å². The highest BCUT2D eigenvalue weighted by Gasteiger charge is 2.08. The van der Waals surface area contributed by atoms with E-state index in [0.717, 1.165) is 19.4 Å². The Kier molecular flexibility index (Phi) is 5.15. The van der Waals surface area contributed by atoms with Gasteiger partial charge in [0, 0.05) is 6.54 Å². The summed E-state index contributed by atoms with van der Waals surface area (Å²) >= 11 is 0. The Morgan fingerprint density at radius 2 is 2.12 bits per heavy atom. The molecule has 1 aromatic heterocycles. The lowest BCUT2D eigenvalue weighted by molar-refractivity contribution is 0.562. The Morgan fingerprint density at radius 1 is 1.38 bits per heavy atom. The zero-order chi connectivity index (χ0) is 12.0. The lowest BCUT2D eigenvalue weighted by Crippen LogP contribution is -2.08. The first-order valence-electron chi connectivity index (χ1n) is 5.88. The van der Waals surface area contributed by atoms with E-state index in [1.165, 1.54) is 6.33 Å². The van der Waals surface area contributed by atoms with E-state index in [1.807, 2.05) is 6.92 Å². The summed E-state index contributed by atoms with van der Waals surface area (Å²) in [5.41, 5.74) is 0.473. The van der Waals surface area contributed by atoms with Gasteiger partial charge >= 0.3 is 0 Å². The van der Waals surface area contributed by atoms with Gasteiger partial charge in [-0.3, -0.25) is 0 Å². The van der Waals surface area contributed by atoms with Crippen molar-refractivity contribution in [1.29, 1.82) is 0 Å². The molecule has 1 N–H and O–H groups in total. The number of anilines is 1. The Balaban J connectivity index is 2.47. The van der Waals surface area contributed by atoms with Crippen molar-refractivity contribution in [2.24, 2.45) is 5.92 Å². The fourth-order valence-corrected chi connectivity index (χ4v) is 1.49. The third-order valence-electron chi connectivity index (χ3n) is 2.45. The molecule has 0 saturated carbocycles. The Bertz CT molecular complexity index is 326. The highest BCUT2D eigenvalue weighted by Crippen LogP contribution is 2.13. The quantitative estimate of drug-likeness (QED) is 0.756. The summed E-state index contributed by atoms with van der Waals surface area (Å²) < 4.78 is 13.7. The predicted molar refractivity (Wildman–Crippen MR) is 63.9 cm³/mol. The summed E-state index contributed by atoms with van der Waals surface area (Å²) in [5, 5.41) is 3.02. The van der Waals surface area contributed by atoms with Gasteiger partial charge in [0.1, 0.15) is 6.33 Å². The lowest BCUT2D eigenvalue weighted by atomic mass is 10.1. The predicted octanol–water partition coefficient (Wildman–Crippen LogP) is 3.03. The van der Waals surface area contributed by atoms with Gasteiger partial charge in [-0.15, -0.1) is 0 Å².